The molecule has 0 radical (unpaired) electrons. The number of halogens is 8. The molecule has 67 heavy (non-hydrogen) atoms. The van der Waals surface area contributed by atoms with Crippen LogP contribution in [0.4, 0.5) is 11.6 Å². The monoisotopic (exact) mass is 1220 g/mol. The largest absolute Gasteiger partial charge is 0.478 e. The van der Waals surface area contributed by atoms with Crippen LogP contribution in [0.5, 0.6) is 0 Å². The van der Waals surface area contributed by atoms with Gasteiger partial charge < -0.3 is 33.4 Å². The van der Waals surface area contributed by atoms with Crippen LogP contribution in [0.25, 0.3) is 32.7 Å². The molecule has 2 heterocycles. The van der Waals surface area contributed by atoms with Crippen molar-refractivity contribution in [2.45, 2.75) is 47.2 Å². The van der Waals surface area contributed by atoms with Crippen LogP contribution < -0.4 is 28.3 Å². The number of carbonyl (C=O) groups excluding carboxylic acids is 2. The number of nitrogens with zero attached hydrogens (tertiary/aromatic N) is 4. The van der Waals surface area contributed by atoms with Gasteiger partial charge in [0.15, 0.2) is 11.6 Å². The molecule has 7 aromatic rings. The summed E-state index contributed by atoms with van der Waals surface area (Å²) in [6.45, 7) is 8.26. The number of hydrogen-bond donors (Lipinski definition) is 6. The number of fused-ring (bicyclic) bond motifs is 2. The van der Waals surface area contributed by atoms with Crippen molar-refractivity contribution in [3.05, 3.63) is 149 Å². The van der Waals surface area contributed by atoms with Gasteiger partial charge in [-0.05, 0) is 150 Å². The number of carbonyl (C=O) groups is 3. The Hall–Kier alpha value is -4.21. The van der Waals surface area contributed by atoms with Crippen LogP contribution in [0.3, 0.4) is 0 Å². The number of carboxylic acid groups (broad SMARTS) is 1. The number of carboxylic acids is 1. The van der Waals surface area contributed by atoms with Gasteiger partial charge in [0, 0.05) is 90.1 Å². The number of rotatable bonds is 8. The number of aromatic nitrogens is 4. The third-order valence-electron chi connectivity index (χ3n) is 8.07. The van der Waals surface area contributed by atoms with E-state index in [0.29, 0.717) is 41.2 Å². The number of hydrogen-bond acceptors (Lipinski definition) is 11. The Labute approximate surface area is 439 Å². The van der Waals surface area contributed by atoms with Gasteiger partial charge in [-0.1, -0.05) is 64.2 Å². The first-order valence-corrected chi connectivity index (χ1v) is 24.9. The van der Waals surface area contributed by atoms with Crippen LogP contribution in [-0.2, 0) is 9.23 Å². The molecule has 0 aliphatic rings. The molecule has 0 saturated carbocycles. The topological polar surface area (TPSA) is 251 Å². The van der Waals surface area contributed by atoms with Crippen molar-refractivity contribution in [3.63, 3.8) is 0 Å². The Kier molecular flexibility index (Phi) is 26.9. The van der Waals surface area contributed by atoms with Crippen molar-refractivity contribution >= 4 is 164 Å². The summed E-state index contributed by atoms with van der Waals surface area (Å²) >= 11 is 27.4. The first kappa shape index (κ1) is 60.8. The van der Waals surface area contributed by atoms with E-state index in [0.717, 1.165) is 48.8 Å². The molecule has 0 unspecified atom stereocenters. The highest BCUT2D eigenvalue weighted by atomic mass is 79.9. The lowest BCUT2D eigenvalue weighted by atomic mass is 10.00. The lowest BCUT2D eigenvalue weighted by molar-refractivity contribution is 0.0696. The lowest BCUT2D eigenvalue weighted by Gasteiger charge is -2.12. The third-order valence-corrected chi connectivity index (χ3v) is 11.3. The van der Waals surface area contributed by atoms with Crippen LogP contribution in [0, 0.1) is 0 Å². The van der Waals surface area contributed by atoms with Crippen LogP contribution >= 0.6 is 104 Å². The van der Waals surface area contributed by atoms with Crippen molar-refractivity contribution in [2.75, 3.05) is 10.6 Å². The first-order valence-electron chi connectivity index (χ1n) is 18.5. The summed E-state index contributed by atoms with van der Waals surface area (Å²) in [6, 6.07) is 26.8. The van der Waals surface area contributed by atoms with Gasteiger partial charge in [0.1, 0.15) is 0 Å². The summed E-state index contributed by atoms with van der Waals surface area (Å²) in [6.07, 6.45) is 3.47. The summed E-state index contributed by atoms with van der Waals surface area (Å²) in [7, 11) is 7.36. The number of anilines is 2. The maximum atomic E-state index is 11.4. The summed E-state index contributed by atoms with van der Waals surface area (Å²) < 4.78 is 11.4. The van der Waals surface area contributed by atoms with Crippen molar-refractivity contribution in [2.24, 2.45) is 11.5 Å². The molecule has 2 amide bonds. The average Bonchev–Trinajstić information content (AvgIpc) is 3.23. The minimum absolute atomic E-state index is 0. The van der Waals surface area contributed by atoms with Crippen LogP contribution in [-0.4, -0.2) is 59.6 Å². The van der Waals surface area contributed by atoms with E-state index in [1.807, 2.05) is 50.2 Å². The van der Waals surface area contributed by atoms with Crippen LogP contribution in [0.1, 0.15) is 66.2 Å². The molecule has 358 valence electrons. The van der Waals surface area contributed by atoms with Gasteiger partial charge in [-0.25, -0.2) is 9.00 Å². The standard InChI is InChI=1S/C18H17ClN4O.C11H12BrN3.C7H5BrClNO.C7H4BrClO2.CH4.Cl2OS.H3N/c1-10(2)22-18-14-5-3-11(7-13(14)9-21-23-18)15-8-12(17(20)24)4-6-16(15)19;1-7(2)14-11-10-4-3-9(12)5-8(10)6-13-15-11;2*8-5-3-4(7(10)11)1-2-6(5)9;;1-4(2)3;/h3-10H,1-2H3,(H2,20,24)(H,22,23);3-7H,1-2H3,(H,14,15);1-3H,(H2,10,11);1-3H,(H,10,11);1H4;;1H3. The number of nitrogens with one attached hydrogen (secondary N) is 2. The molecule has 0 aliphatic heterocycles. The molecule has 7 rings (SSSR count). The molecule has 0 atom stereocenters. The number of primary amides is 2. The Bertz CT molecular complexity index is 2770. The molecule has 23 heteroatoms. The molecule has 14 nitrogen and oxygen atoms in total. The summed E-state index contributed by atoms with van der Waals surface area (Å²) in [4.78, 5) is 32.4. The smallest absolute Gasteiger partial charge is 0.335 e. The zero-order chi connectivity index (χ0) is 48.5. The molecule has 0 spiro atoms. The van der Waals surface area contributed by atoms with Gasteiger partial charge in [0.05, 0.1) is 28.0 Å². The molecule has 0 aliphatic carbocycles. The fourth-order valence-electron chi connectivity index (χ4n) is 5.25. The van der Waals surface area contributed by atoms with E-state index in [9.17, 15) is 14.4 Å². The molecule has 0 fully saturated rings. The molecule has 0 saturated heterocycles. The van der Waals surface area contributed by atoms with Gasteiger partial charge in [0.2, 0.25) is 21.0 Å². The second-order valence-corrected chi connectivity index (χ2v) is 20.1. The van der Waals surface area contributed by atoms with Crippen molar-refractivity contribution < 1.29 is 23.7 Å². The Morgan fingerprint density at radius 3 is 1.46 bits per heavy atom. The van der Waals surface area contributed by atoms with E-state index in [2.05, 4.69) is 114 Å². The van der Waals surface area contributed by atoms with Crippen molar-refractivity contribution in [1.82, 2.24) is 26.5 Å². The summed E-state index contributed by atoms with van der Waals surface area (Å²) in [5.74, 6) is -0.311. The van der Waals surface area contributed by atoms with Crippen molar-refractivity contribution in [1.29, 1.82) is 0 Å². The predicted molar refractivity (Wildman–Crippen MR) is 289 cm³/mol. The van der Waals surface area contributed by atoms with Gasteiger partial charge in [-0.15, -0.1) is 10.2 Å². The number of benzene rings is 5. The van der Waals surface area contributed by atoms with E-state index >= 15 is 0 Å². The highest BCUT2D eigenvalue weighted by Crippen LogP contribution is 2.33. The van der Waals surface area contributed by atoms with E-state index < -0.39 is 27.0 Å². The predicted octanol–water partition coefficient (Wildman–Crippen LogP) is 13.9. The normalized spacial score (nSPS) is 10.1. The number of amides is 2. The second kappa shape index (κ2) is 29.6. The molecular weight excluding hydrogens is 1180 g/mol. The fourth-order valence-corrected chi connectivity index (χ4v) is 6.85. The van der Waals surface area contributed by atoms with Gasteiger partial charge in [-0.2, -0.15) is 10.2 Å². The van der Waals surface area contributed by atoms with Gasteiger partial charge in [-0.3, -0.25) is 9.59 Å². The van der Waals surface area contributed by atoms with E-state index in [1.54, 1.807) is 48.8 Å². The van der Waals surface area contributed by atoms with E-state index in [-0.39, 0.29) is 25.2 Å². The quantitative estimate of drug-likeness (QED) is 0.0778. The Morgan fingerprint density at radius 2 is 1.03 bits per heavy atom. The minimum atomic E-state index is -1.67. The SMILES string of the molecule is C.CC(C)Nc1nncc2cc(-c3cc(C(N)=O)ccc3Cl)ccc12.CC(C)Nc1nncc2cc(Br)ccc12.N.NC(=O)c1ccc(Cl)c(Br)c1.O=C(O)c1ccc(Cl)c(Br)c1.O=S(Cl)Cl. The zero-order valence-corrected chi connectivity index (χ0v) is 44.5. The molecule has 10 N–H and O–H groups in total. The second-order valence-electron chi connectivity index (χ2n) is 13.7. The highest BCUT2D eigenvalue weighted by Gasteiger charge is 2.12. The molecule has 0 bridgehead atoms. The maximum Gasteiger partial charge on any atom is 0.335 e. The fraction of sp³-hybridized carbons (Fsp3) is 0.159. The first-order chi connectivity index (χ1) is 30.6. The highest BCUT2D eigenvalue weighted by molar-refractivity contribution is 9.11. The van der Waals surface area contributed by atoms with Crippen LogP contribution in [0.2, 0.25) is 15.1 Å². The van der Waals surface area contributed by atoms with Crippen LogP contribution in [0.15, 0.2) is 117 Å². The molecule has 2 aromatic heterocycles. The Morgan fingerprint density at radius 1 is 0.627 bits per heavy atom. The summed E-state index contributed by atoms with van der Waals surface area (Å²) in [5.41, 5.74) is 13.1. The third kappa shape index (κ3) is 20.1. The average molecular weight is 1230 g/mol. The lowest BCUT2D eigenvalue weighted by Crippen LogP contribution is -2.11. The van der Waals surface area contributed by atoms with E-state index in [4.69, 9.17) is 55.6 Å². The molecule has 5 aromatic carbocycles. The summed E-state index contributed by atoms with van der Waals surface area (Å²) in [5, 5.41) is 37.1. The number of nitrogens with two attached hydrogens (primary N) is 2. The maximum absolute atomic E-state index is 11.4. The minimum Gasteiger partial charge on any atom is -0.478 e. The van der Waals surface area contributed by atoms with Gasteiger partial charge in [0.25, 0.3) is 0 Å². The Balaban J connectivity index is 0.000000453. The van der Waals surface area contributed by atoms with Crippen molar-refractivity contribution in [3.8, 4) is 11.1 Å². The van der Waals surface area contributed by atoms with Gasteiger partial charge >= 0.3 is 5.97 Å². The zero-order valence-electron chi connectivity index (χ0n) is 35.1. The number of aromatic carboxylic acids is 1. The van der Waals surface area contributed by atoms with E-state index in [1.165, 1.54) is 18.2 Å². The molecular formula is C44H45Br3Cl5N9O5S.